The number of hydrogen-bond acceptors (Lipinski definition) is 5. The van der Waals surface area contributed by atoms with Gasteiger partial charge in [-0.25, -0.2) is 4.98 Å². The summed E-state index contributed by atoms with van der Waals surface area (Å²) in [7, 11) is 1.59. The van der Waals surface area contributed by atoms with Crippen LogP contribution in [-0.4, -0.2) is 24.6 Å². The van der Waals surface area contributed by atoms with Gasteiger partial charge in [0.2, 0.25) is 0 Å². The summed E-state index contributed by atoms with van der Waals surface area (Å²) in [6.45, 7) is 2.80. The van der Waals surface area contributed by atoms with Gasteiger partial charge in [0, 0.05) is 11.1 Å². The highest BCUT2D eigenvalue weighted by Crippen LogP contribution is 2.35. The number of carbonyl (C=O) groups excluding carboxylic acids is 1. The zero-order chi connectivity index (χ0) is 21.6. The highest BCUT2D eigenvalue weighted by molar-refractivity contribution is 7.21. The van der Waals surface area contributed by atoms with Crippen molar-refractivity contribution in [2.75, 3.05) is 19.0 Å². The molecule has 0 aliphatic carbocycles. The number of unbranched alkanes of at least 4 members (excludes halogenated alkanes) is 1. The van der Waals surface area contributed by atoms with Crippen LogP contribution in [-0.2, 0) is 0 Å². The molecule has 4 aromatic rings. The number of ether oxygens (including phenoxy) is 2. The molecule has 1 aromatic heterocycles. The van der Waals surface area contributed by atoms with Crippen molar-refractivity contribution in [3.8, 4) is 22.1 Å². The molecule has 0 atom stereocenters. The molecule has 158 valence electrons. The molecule has 0 fully saturated rings. The first-order valence-corrected chi connectivity index (χ1v) is 11.1. The van der Waals surface area contributed by atoms with Crippen LogP contribution >= 0.6 is 11.3 Å². The summed E-state index contributed by atoms with van der Waals surface area (Å²) in [5, 5.41) is 3.86. The number of hydrogen-bond donors (Lipinski definition) is 1. The van der Waals surface area contributed by atoms with E-state index in [-0.39, 0.29) is 5.91 Å². The summed E-state index contributed by atoms with van der Waals surface area (Å²) in [5.41, 5.74) is 3.05. The van der Waals surface area contributed by atoms with E-state index >= 15 is 0 Å². The molecule has 1 heterocycles. The van der Waals surface area contributed by atoms with Gasteiger partial charge in [0.15, 0.2) is 0 Å². The van der Waals surface area contributed by atoms with Crippen LogP contribution in [0.3, 0.4) is 0 Å². The molecule has 4 rings (SSSR count). The molecule has 3 aromatic carbocycles. The molecule has 1 amide bonds. The largest absolute Gasteiger partial charge is 0.495 e. The minimum absolute atomic E-state index is 0.208. The molecule has 0 bridgehead atoms. The van der Waals surface area contributed by atoms with Crippen molar-refractivity contribution < 1.29 is 14.3 Å². The van der Waals surface area contributed by atoms with Crippen LogP contribution in [0.25, 0.3) is 20.8 Å². The first-order valence-electron chi connectivity index (χ1n) is 10.3. The molecule has 5 nitrogen and oxygen atoms in total. The Labute approximate surface area is 185 Å². The Morgan fingerprint density at radius 2 is 1.87 bits per heavy atom. The molecule has 0 radical (unpaired) electrons. The van der Waals surface area contributed by atoms with E-state index in [0.717, 1.165) is 39.4 Å². The number of nitrogens with zero attached hydrogens (tertiary/aromatic N) is 1. The summed E-state index contributed by atoms with van der Waals surface area (Å²) in [6, 6.07) is 20.9. The quantitative estimate of drug-likeness (QED) is 0.327. The maximum Gasteiger partial charge on any atom is 0.255 e. The van der Waals surface area contributed by atoms with E-state index in [2.05, 4.69) is 18.3 Å². The van der Waals surface area contributed by atoms with Gasteiger partial charge in [0.1, 0.15) is 16.5 Å². The van der Waals surface area contributed by atoms with Crippen molar-refractivity contribution >= 4 is 33.1 Å². The summed E-state index contributed by atoms with van der Waals surface area (Å²) >= 11 is 1.62. The molecule has 31 heavy (non-hydrogen) atoms. The van der Waals surface area contributed by atoms with Gasteiger partial charge >= 0.3 is 0 Å². The number of benzene rings is 3. The molecule has 1 N–H and O–H groups in total. The number of methoxy groups -OCH3 is 1. The number of fused-ring (bicyclic) bond motifs is 1. The van der Waals surface area contributed by atoms with Crippen LogP contribution in [0.4, 0.5) is 5.69 Å². The van der Waals surface area contributed by atoms with Crippen molar-refractivity contribution in [3.05, 3.63) is 72.3 Å². The van der Waals surface area contributed by atoms with Crippen LogP contribution in [0.15, 0.2) is 66.7 Å². The fourth-order valence-electron chi connectivity index (χ4n) is 3.17. The fraction of sp³-hybridized carbons (Fsp3) is 0.200. The monoisotopic (exact) mass is 432 g/mol. The average Bonchev–Trinajstić information content (AvgIpc) is 3.24. The van der Waals surface area contributed by atoms with Crippen LogP contribution in [0.5, 0.6) is 11.5 Å². The maximum absolute atomic E-state index is 12.8. The molecule has 6 heteroatoms. The third kappa shape index (κ3) is 4.86. The number of rotatable bonds is 8. The lowest BCUT2D eigenvalue weighted by molar-refractivity contribution is 0.102. The Morgan fingerprint density at radius 1 is 1.06 bits per heavy atom. The van der Waals surface area contributed by atoms with E-state index in [1.165, 1.54) is 0 Å². The van der Waals surface area contributed by atoms with Gasteiger partial charge in [0.05, 0.1) is 29.6 Å². The SMILES string of the molecule is CCCCOc1ccc(C(=O)Nc2cc(-c3nc4ccccc4s3)ccc2OC)cc1. The zero-order valence-corrected chi connectivity index (χ0v) is 18.4. The molecule has 0 unspecified atom stereocenters. The smallest absolute Gasteiger partial charge is 0.255 e. The third-order valence-corrected chi connectivity index (χ3v) is 5.96. The van der Waals surface area contributed by atoms with E-state index in [9.17, 15) is 4.79 Å². The summed E-state index contributed by atoms with van der Waals surface area (Å²) in [6.07, 6.45) is 2.09. The van der Waals surface area contributed by atoms with Crippen molar-refractivity contribution in [3.63, 3.8) is 0 Å². The topological polar surface area (TPSA) is 60.5 Å². The normalized spacial score (nSPS) is 10.8. The summed E-state index contributed by atoms with van der Waals surface area (Å²) < 4.78 is 12.2. The van der Waals surface area contributed by atoms with E-state index < -0.39 is 0 Å². The minimum atomic E-state index is -0.208. The van der Waals surface area contributed by atoms with Gasteiger partial charge in [-0.1, -0.05) is 25.5 Å². The summed E-state index contributed by atoms with van der Waals surface area (Å²) in [4.78, 5) is 17.5. The molecular formula is C25H24N2O3S. The second kappa shape index (κ2) is 9.62. The average molecular weight is 433 g/mol. The van der Waals surface area contributed by atoms with Crippen molar-refractivity contribution in [2.45, 2.75) is 19.8 Å². The molecule has 0 saturated carbocycles. The highest BCUT2D eigenvalue weighted by atomic mass is 32.1. The van der Waals surface area contributed by atoms with Crippen molar-refractivity contribution in [1.82, 2.24) is 4.98 Å². The minimum Gasteiger partial charge on any atom is -0.495 e. The lowest BCUT2D eigenvalue weighted by Crippen LogP contribution is -2.12. The van der Waals surface area contributed by atoms with Crippen molar-refractivity contribution in [2.24, 2.45) is 0 Å². The lowest BCUT2D eigenvalue weighted by Gasteiger charge is -2.12. The second-order valence-corrected chi connectivity index (χ2v) is 8.11. The number of thiazole rings is 1. The number of para-hydroxylation sites is 1. The number of anilines is 1. The van der Waals surface area contributed by atoms with Crippen LogP contribution in [0.2, 0.25) is 0 Å². The predicted octanol–water partition coefficient (Wildman–Crippen LogP) is 6.40. The van der Waals surface area contributed by atoms with Gasteiger partial charge in [-0.15, -0.1) is 11.3 Å². The van der Waals surface area contributed by atoms with Gasteiger partial charge in [-0.05, 0) is 61.0 Å². The first kappa shape index (κ1) is 20.9. The Balaban J connectivity index is 1.54. The van der Waals surface area contributed by atoms with Crippen LogP contribution < -0.4 is 14.8 Å². The van der Waals surface area contributed by atoms with E-state index in [4.69, 9.17) is 14.5 Å². The number of aromatic nitrogens is 1. The van der Waals surface area contributed by atoms with Gasteiger partial charge < -0.3 is 14.8 Å². The standard InChI is InChI=1S/C25H24N2O3S/c1-3-4-15-30-19-12-9-17(10-13-19)24(28)26-21-16-18(11-14-22(21)29-2)25-27-20-7-5-6-8-23(20)31-25/h5-14,16H,3-4,15H2,1-2H3,(H,26,28). The molecule has 0 aliphatic heterocycles. The number of amides is 1. The van der Waals surface area contributed by atoms with Gasteiger partial charge in [-0.2, -0.15) is 0 Å². The fourth-order valence-corrected chi connectivity index (χ4v) is 4.13. The summed E-state index contributed by atoms with van der Waals surface area (Å²) in [5.74, 6) is 1.15. The lowest BCUT2D eigenvalue weighted by atomic mass is 10.1. The van der Waals surface area contributed by atoms with E-state index in [1.54, 1.807) is 30.6 Å². The Morgan fingerprint density at radius 3 is 2.61 bits per heavy atom. The van der Waals surface area contributed by atoms with E-state index in [0.29, 0.717) is 23.6 Å². The molecular weight excluding hydrogens is 408 g/mol. The van der Waals surface area contributed by atoms with E-state index in [1.807, 2.05) is 48.5 Å². The number of carbonyl (C=O) groups is 1. The molecule has 0 saturated heterocycles. The first-order chi connectivity index (χ1) is 15.2. The van der Waals surface area contributed by atoms with Crippen LogP contribution in [0, 0.1) is 0 Å². The van der Waals surface area contributed by atoms with Gasteiger partial charge in [0.25, 0.3) is 5.91 Å². The van der Waals surface area contributed by atoms with Gasteiger partial charge in [-0.3, -0.25) is 4.79 Å². The predicted molar refractivity (Wildman–Crippen MR) is 126 cm³/mol. The second-order valence-electron chi connectivity index (χ2n) is 7.08. The van der Waals surface area contributed by atoms with Crippen LogP contribution in [0.1, 0.15) is 30.1 Å². The van der Waals surface area contributed by atoms with Crippen molar-refractivity contribution in [1.29, 1.82) is 0 Å². The zero-order valence-electron chi connectivity index (χ0n) is 17.6. The number of nitrogens with one attached hydrogen (secondary N) is 1. The maximum atomic E-state index is 12.8. The molecule has 0 spiro atoms. The Kier molecular flexibility index (Phi) is 6.48. The highest BCUT2D eigenvalue weighted by Gasteiger charge is 2.13. The third-order valence-electron chi connectivity index (χ3n) is 4.87. The Hall–Kier alpha value is -3.38. The Bertz CT molecular complexity index is 1150. The molecule has 0 aliphatic rings.